The van der Waals surface area contributed by atoms with Crippen LogP contribution in [0.2, 0.25) is 0 Å². The van der Waals surface area contributed by atoms with Crippen LogP contribution in [-0.4, -0.2) is 22.3 Å². The first-order valence-electron chi connectivity index (χ1n) is 8.59. The van der Waals surface area contributed by atoms with Gasteiger partial charge in [-0.2, -0.15) is 0 Å². The second kappa shape index (κ2) is 7.14. The molecule has 1 amide bonds. The van der Waals surface area contributed by atoms with Crippen molar-refractivity contribution in [2.24, 2.45) is 11.7 Å². The quantitative estimate of drug-likeness (QED) is 0.920. The highest BCUT2D eigenvalue weighted by molar-refractivity contribution is 5.94. The van der Waals surface area contributed by atoms with E-state index in [1.807, 2.05) is 18.3 Å². The molecule has 0 bridgehead atoms. The van der Waals surface area contributed by atoms with Crippen molar-refractivity contribution in [1.29, 1.82) is 0 Å². The number of primary amides is 1. The molecule has 4 nitrogen and oxygen atoms in total. The average molecular weight is 323 g/mol. The minimum absolute atomic E-state index is 0.328. The highest BCUT2D eigenvalue weighted by Crippen LogP contribution is 2.23. The van der Waals surface area contributed by atoms with Gasteiger partial charge >= 0.3 is 0 Å². The molecule has 126 valence electrons. The van der Waals surface area contributed by atoms with Gasteiger partial charge in [-0.3, -0.25) is 14.7 Å². The molecule has 2 N–H and O–H groups in total. The molecule has 0 atom stereocenters. The number of carbonyl (C=O) groups excluding carboxylic acids is 1. The van der Waals surface area contributed by atoms with Crippen molar-refractivity contribution in [3.8, 4) is 0 Å². The molecule has 24 heavy (non-hydrogen) atoms. The van der Waals surface area contributed by atoms with Crippen LogP contribution in [-0.2, 0) is 25.9 Å². The van der Waals surface area contributed by atoms with Gasteiger partial charge in [-0.15, -0.1) is 0 Å². The number of amides is 1. The normalized spacial score (nSPS) is 14.6. The van der Waals surface area contributed by atoms with E-state index < -0.39 is 0 Å². The zero-order valence-corrected chi connectivity index (χ0v) is 14.5. The van der Waals surface area contributed by atoms with Gasteiger partial charge in [0.2, 0.25) is 5.91 Å². The van der Waals surface area contributed by atoms with Crippen molar-refractivity contribution in [3.63, 3.8) is 0 Å². The highest BCUT2D eigenvalue weighted by atomic mass is 16.1. The zero-order valence-electron chi connectivity index (χ0n) is 14.5. The summed E-state index contributed by atoms with van der Waals surface area (Å²) in [5.74, 6) is 0.298. The molecule has 3 rings (SSSR count). The highest BCUT2D eigenvalue weighted by Gasteiger charge is 2.20. The first-order valence-corrected chi connectivity index (χ1v) is 8.59. The molecule has 1 aromatic heterocycles. The van der Waals surface area contributed by atoms with Gasteiger partial charge in [-0.05, 0) is 47.6 Å². The summed E-state index contributed by atoms with van der Waals surface area (Å²) in [5.41, 5.74) is 10.9. The SMILES string of the molecule is CC(C)Cc1ccc(CN2CCc3c(cccc3C(N)=O)C2)cn1. The summed E-state index contributed by atoms with van der Waals surface area (Å²) in [6, 6.07) is 10.2. The van der Waals surface area contributed by atoms with Crippen molar-refractivity contribution < 1.29 is 4.79 Å². The van der Waals surface area contributed by atoms with Gasteiger partial charge in [0.1, 0.15) is 0 Å². The molecule has 4 heteroatoms. The number of hydrogen-bond donors (Lipinski definition) is 1. The van der Waals surface area contributed by atoms with E-state index in [2.05, 4.69) is 41.9 Å². The molecule has 0 spiro atoms. The third-order valence-corrected chi connectivity index (χ3v) is 4.52. The van der Waals surface area contributed by atoms with Gasteiger partial charge in [0, 0.05) is 37.1 Å². The number of aromatic nitrogens is 1. The maximum absolute atomic E-state index is 11.6. The van der Waals surface area contributed by atoms with Crippen LogP contribution >= 0.6 is 0 Å². The van der Waals surface area contributed by atoms with Gasteiger partial charge in [0.05, 0.1) is 0 Å². The molecule has 2 aromatic rings. The number of fused-ring (bicyclic) bond motifs is 1. The van der Waals surface area contributed by atoms with Crippen molar-refractivity contribution in [2.75, 3.05) is 6.54 Å². The van der Waals surface area contributed by atoms with Crippen LogP contribution in [0.4, 0.5) is 0 Å². The molecule has 0 radical (unpaired) electrons. The van der Waals surface area contributed by atoms with Crippen LogP contribution in [0, 0.1) is 5.92 Å². The maximum Gasteiger partial charge on any atom is 0.248 e. The molecule has 0 saturated carbocycles. The second-order valence-electron chi connectivity index (χ2n) is 7.02. The molecule has 2 heterocycles. The van der Waals surface area contributed by atoms with E-state index in [4.69, 9.17) is 5.73 Å². The Morgan fingerprint density at radius 3 is 2.79 bits per heavy atom. The molecule has 0 aliphatic carbocycles. The Morgan fingerprint density at radius 2 is 2.12 bits per heavy atom. The second-order valence-corrected chi connectivity index (χ2v) is 7.02. The lowest BCUT2D eigenvalue weighted by Crippen LogP contribution is -2.31. The lowest BCUT2D eigenvalue weighted by Gasteiger charge is -2.29. The third kappa shape index (κ3) is 3.82. The number of hydrogen-bond acceptors (Lipinski definition) is 3. The van der Waals surface area contributed by atoms with Crippen LogP contribution < -0.4 is 5.73 Å². The van der Waals surface area contributed by atoms with Crippen molar-refractivity contribution in [1.82, 2.24) is 9.88 Å². The summed E-state index contributed by atoms with van der Waals surface area (Å²) in [6.07, 6.45) is 3.88. The van der Waals surface area contributed by atoms with E-state index in [-0.39, 0.29) is 5.91 Å². The molecule has 1 aliphatic rings. The standard InChI is InChI=1S/C20H25N3O/c1-14(2)10-17-7-6-15(11-22-17)12-23-9-8-18-16(13-23)4-3-5-19(18)20(21)24/h3-7,11,14H,8-10,12-13H2,1-2H3,(H2,21,24). The minimum atomic E-state index is -0.328. The predicted octanol–water partition coefficient (Wildman–Crippen LogP) is 2.94. The summed E-state index contributed by atoms with van der Waals surface area (Å²) in [6.45, 7) is 7.09. The van der Waals surface area contributed by atoms with E-state index in [9.17, 15) is 4.79 Å². The van der Waals surface area contributed by atoms with E-state index >= 15 is 0 Å². The molecular formula is C20H25N3O. The van der Waals surface area contributed by atoms with Gasteiger partial charge in [0.25, 0.3) is 0 Å². The summed E-state index contributed by atoms with van der Waals surface area (Å²) < 4.78 is 0. The van der Waals surface area contributed by atoms with Crippen LogP contribution in [0.5, 0.6) is 0 Å². The molecular weight excluding hydrogens is 298 g/mol. The Hall–Kier alpha value is -2.20. The Balaban J connectivity index is 1.68. The van der Waals surface area contributed by atoms with Crippen molar-refractivity contribution in [2.45, 2.75) is 39.8 Å². The minimum Gasteiger partial charge on any atom is -0.366 e. The van der Waals surface area contributed by atoms with Gasteiger partial charge in [-0.25, -0.2) is 0 Å². The molecule has 0 saturated heterocycles. The van der Waals surface area contributed by atoms with Crippen molar-refractivity contribution >= 4 is 5.91 Å². The fourth-order valence-electron chi connectivity index (χ4n) is 3.38. The summed E-state index contributed by atoms with van der Waals surface area (Å²) in [4.78, 5) is 18.5. The summed E-state index contributed by atoms with van der Waals surface area (Å²) in [5, 5.41) is 0. The topological polar surface area (TPSA) is 59.2 Å². The number of carbonyl (C=O) groups is 1. The van der Waals surface area contributed by atoms with Gasteiger partial charge < -0.3 is 5.73 Å². The number of pyridine rings is 1. The Labute approximate surface area is 143 Å². The summed E-state index contributed by atoms with van der Waals surface area (Å²) in [7, 11) is 0. The van der Waals surface area contributed by atoms with Crippen LogP contribution in [0.3, 0.4) is 0 Å². The number of nitrogens with two attached hydrogens (primary N) is 1. The fourth-order valence-corrected chi connectivity index (χ4v) is 3.38. The van der Waals surface area contributed by atoms with Gasteiger partial charge in [0.15, 0.2) is 0 Å². The monoisotopic (exact) mass is 323 g/mol. The molecule has 1 aromatic carbocycles. The fraction of sp³-hybridized carbons (Fsp3) is 0.400. The number of nitrogens with zero attached hydrogens (tertiary/aromatic N) is 2. The van der Waals surface area contributed by atoms with Crippen LogP contribution in [0.1, 0.15) is 46.6 Å². The van der Waals surface area contributed by atoms with Crippen molar-refractivity contribution in [3.05, 3.63) is 64.5 Å². The van der Waals surface area contributed by atoms with Crippen LogP contribution in [0.15, 0.2) is 36.5 Å². The average Bonchev–Trinajstić information content (AvgIpc) is 2.55. The Kier molecular flexibility index (Phi) is 4.95. The summed E-state index contributed by atoms with van der Waals surface area (Å²) >= 11 is 0. The van der Waals surface area contributed by atoms with Gasteiger partial charge in [-0.1, -0.05) is 32.0 Å². The Morgan fingerprint density at radius 1 is 1.29 bits per heavy atom. The first kappa shape index (κ1) is 16.7. The van der Waals surface area contributed by atoms with E-state index in [1.54, 1.807) is 0 Å². The lowest BCUT2D eigenvalue weighted by atomic mass is 9.94. The predicted molar refractivity (Wildman–Crippen MR) is 95.6 cm³/mol. The molecule has 0 unspecified atom stereocenters. The maximum atomic E-state index is 11.6. The molecule has 1 aliphatic heterocycles. The Bertz CT molecular complexity index is 722. The smallest absolute Gasteiger partial charge is 0.248 e. The third-order valence-electron chi connectivity index (χ3n) is 4.52. The number of benzene rings is 1. The molecule has 0 fully saturated rings. The largest absolute Gasteiger partial charge is 0.366 e. The first-order chi connectivity index (χ1) is 11.5. The van der Waals surface area contributed by atoms with E-state index in [0.717, 1.165) is 43.7 Å². The number of rotatable bonds is 5. The van der Waals surface area contributed by atoms with E-state index in [0.29, 0.717) is 11.5 Å². The zero-order chi connectivity index (χ0) is 17.1. The van der Waals surface area contributed by atoms with E-state index in [1.165, 1.54) is 11.1 Å². The lowest BCUT2D eigenvalue weighted by molar-refractivity contribution is 0.0998. The van der Waals surface area contributed by atoms with Crippen LogP contribution in [0.25, 0.3) is 0 Å².